The SMILES string of the molecule is CSc1cccc(C(=O)c2cc(Cl)cc(Cl)c2)c1. The van der Waals surface area contributed by atoms with E-state index in [1.165, 1.54) is 0 Å². The van der Waals surface area contributed by atoms with E-state index >= 15 is 0 Å². The fourth-order valence-electron chi connectivity index (χ4n) is 1.62. The Kier molecular flexibility index (Phi) is 4.33. The molecule has 1 nitrogen and oxygen atoms in total. The first kappa shape index (κ1) is 13.5. The quantitative estimate of drug-likeness (QED) is 0.589. The lowest BCUT2D eigenvalue weighted by Gasteiger charge is -2.04. The molecule has 18 heavy (non-hydrogen) atoms. The van der Waals surface area contributed by atoms with Crippen LogP contribution >= 0.6 is 35.0 Å². The van der Waals surface area contributed by atoms with Crippen LogP contribution in [-0.2, 0) is 0 Å². The number of benzene rings is 2. The summed E-state index contributed by atoms with van der Waals surface area (Å²) in [6.45, 7) is 0. The number of thioether (sulfide) groups is 1. The molecule has 0 aliphatic rings. The van der Waals surface area contributed by atoms with Gasteiger partial charge in [0.2, 0.25) is 0 Å². The maximum Gasteiger partial charge on any atom is 0.193 e. The number of hydrogen-bond acceptors (Lipinski definition) is 2. The van der Waals surface area contributed by atoms with E-state index in [0.717, 1.165) is 4.90 Å². The standard InChI is InChI=1S/C14H10Cl2OS/c1-18-13-4-2-3-9(7-13)14(17)10-5-11(15)8-12(16)6-10/h2-8H,1H3. The number of ketones is 1. The lowest BCUT2D eigenvalue weighted by atomic mass is 10.0. The van der Waals surface area contributed by atoms with E-state index in [4.69, 9.17) is 23.2 Å². The first-order valence-corrected chi connectivity index (χ1v) is 7.23. The van der Waals surface area contributed by atoms with Crippen molar-refractivity contribution in [3.63, 3.8) is 0 Å². The highest BCUT2D eigenvalue weighted by Gasteiger charge is 2.11. The van der Waals surface area contributed by atoms with Crippen LogP contribution in [0, 0.1) is 0 Å². The lowest BCUT2D eigenvalue weighted by Crippen LogP contribution is -2.01. The van der Waals surface area contributed by atoms with Gasteiger partial charge in [0.25, 0.3) is 0 Å². The normalized spacial score (nSPS) is 10.4. The van der Waals surface area contributed by atoms with Gasteiger partial charge >= 0.3 is 0 Å². The fourth-order valence-corrected chi connectivity index (χ4v) is 2.60. The van der Waals surface area contributed by atoms with Gasteiger partial charge in [-0.05, 0) is 36.6 Å². The molecule has 0 heterocycles. The third kappa shape index (κ3) is 3.08. The van der Waals surface area contributed by atoms with Gasteiger partial charge in [0.15, 0.2) is 5.78 Å². The zero-order valence-corrected chi connectivity index (χ0v) is 11.9. The van der Waals surface area contributed by atoms with Crippen molar-refractivity contribution in [1.82, 2.24) is 0 Å². The Morgan fingerprint density at radius 2 is 1.67 bits per heavy atom. The molecule has 0 fully saturated rings. The molecule has 4 heteroatoms. The van der Waals surface area contributed by atoms with Gasteiger partial charge in [0.1, 0.15) is 0 Å². The Labute approximate surface area is 120 Å². The molecule has 0 N–H and O–H groups in total. The summed E-state index contributed by atoms with van der Waals surface area (Å²) in [7, 11) is 0. The Balaban J connectivity index is 2.41. The molecule has 0 saturated heterocycles. The van der Waals surface area contributed by atoms with Crippen LogP contribution in [0.3, 0.4) is 0 Å². The first-order chi connectivity index (χ1) is 8.60. The van der Waals surface area contributed by atoms with Crippen molar-refractivity contribution in [3.05, 3.63) is 63.6 Å². The number of hydrogen-bond donors (Lipinski definition) is 0. The molecular weight excluding hydrogens is 287 g/mol. The summed E-state index contributed by atoms with van der Waals surface area (Å²) in [4.78, 5) is 13.3. The number of carbonyl (C=O) groups is 1. The average molecular weight is 297 g/mol. The zero-order chi connectivity index (χ0) is 13.1. The van der Waals surface area contributed by atoms with Gasteiger partial charge in [0.05, 0.1) is 0 Å². The summed E-state index contributed by atoms with van der Waals surface area (Å²) < 4.78 is 0. The fraction of sp³-hybridized carbons (Fsp3) is 0.0714. The van der Waals surface area contributed by atoms with Gasteiger partial charge in [-0.15, -0.1) is 11.8 Å². The number of rotatable bonds is 3. The van der Waals surface area contributed by atoms with Crippen molar-refractivity contribution in [3.8, 4) is 0 Å². The molecule has 92 valence electrons. The molecule has 0 radical (unpaired) electrons. The molecule has 0 aromatic heterocycles. The predicted octanol–water partition coefficient (Wildman–Crippen LogP) is 4.95. The molecule has 0 unspecified atom stereocenters. The topological polar surface area (TPSA) is 17.1 Å². The molecule has 0 aliphatic heterocycles. The van der Waals surface area contributed by atoms with E-state index in [-0.39, 0.29) is 5.78 Å². The molecule has 0 amide bonds. The van der Waals surface area contributed by atoms with Crippen molar-refractivity contribution < 1.29 is 4.79 Å². The third-order valence-corrected chi connectivity index (χ3v) is 3.62. The highest BCUT2D eigenvalue weighted by molar-refractivity contribution is 7.98. The van der Waals surface area contributed by atoms with Crippen molar-refractivity contribution in [2.45, 2.75) is 4.90 Å². The summed E-state index contributed by atoms with van der Waals surface area (Å²) in [5.41, 5.74) is 1.14. The third-order valence-electron chi connectivity index (χ3n) is 2.46. The van der Waals surface area contributed by atoms with Crippen LogP contribution in [0.25, 0.3) is 0 Å². The van der Waals surface area contributed by atoms with E-state index in [9.17, 15) is 4.79 Å². The Hall–Kier alpha value is -0.960. The molecule has 2 rings (SSSR count). The van der Waals surface area contributed by atoms with Crippen LogP contribution in [0.15, 0.2) is 47.4 Å². The second-order valence-electron chi connectivity index (χ2n) is 3.72. The van der Waals surface area contributed by atoms with Gasteiger partial charge in [-0.2, -0.15) is 0 Å². The largest absolute Gasteiger partial charge is 0.289 e. The molecule has 2 aromatic carbocycles. The van der Waals surface area contributed by atoms with Crippen LogP contribution in [0.1, 0.15) is 15.9 Å². The minimum Gasteiger partial charge on any atom is -0.289 e. The number of halogens is 2. The van der Waals surface area contributed by atoms with Crippen molar-refractivity contribution >= 4 is 40.7 Å². The maximum atomic E-state index is 12.3. The average Bonchev–Trinajstić information content (AvgIpc) is 2.37. The van der Waals surface area contributed by atoms with Gasteiger partial charge < -0.3 is 0 Å². The van der Waals surface area contributed by atoms with E-state index in [1.54, 1.807) is 36.0 Å². The van der Waals surface area contributed by atoms with Crippen molar-refractivity contribution in [1.29, 1.82) is 0 Å². The minimum absolute atomic E-state index is 0.0738. The van der Waals surface area contributed by atoms with Gasteiger partial charge in [-0.25, -0.2) is 0 Å². The predicted molar refractivity (Wildman–Crippen MR) is 78.1 cm³/mol. The van der Waals surface area contributed by atoms with Gasteiger partial charge in [0, 0.05) is 26.1 Å². The maximum absolute atomic E-state index is 12.3. The van der Waals surface area contributed by atoms with Crippen LogP contribution in [0.4, 0.5) is 0 Å². The molecule has 0 bridgehead atoms. The molecule has 0 atom stereocenters. The van der Waals surface area contributed by atoms with Crippen LogP contribution in [0.2, 0.25) is 10.0 Å². The van der Waals surface area contributed by atoms with E-state index in [2.05, 4.69) is 0 Å². The summed E-state index contributed by atoms with van der Waals surface area (Å²) in [5.74, 6) is -0.0738. The number of carbonyl (C=O) groups excluding carboxylic acids is 1. The zero-order valence-electron chi connectivity index (χ0n) is 9.61. The summed E-state index contributed by atoms with van der Waals surface area (Å²) in [6.07, 6.45) is 1.97. The molecular formula is C14H10Cl2OS. The highest BCUT2D eigenvalue weighted by Crippen LogP contribution is 2.23. The van der Waals surface area contributed by atoms with Crippen molar-refractivity contribution in [2.24, 2.45) is 0 Å². The van der Waals surface area contributed by atoms with Crippen molar-refractivity contribution in [2.75, 3.05) is 6.26 Å². The van der Waals surface area contributed by atoms with Crippen LogP contribution < -0.4 is 0 Å². The Morgan fingerprint density at radius 1 is 1.00 bits per heavy atom. The van der Waals surface area contributed by atoms with Crippen LogP contribution in [0.5, 0.6) is 0 Å². The Bertz CT molecular complexity index is 576. The lowest BCUT2D eigenvalue weighted by molar-refractivity contribution is 0.103. The molecule has 0 spiro atoms. The van der Waals surface area contributed by atoms with Gasteiger partial charge in [-0.1, -0.05) is 35.3 Å². The second-order valence-corrected chi connectivity index (χ2v) is 5.47. The molecule has 0 aliphatic carbocycles. The molecule has 2 aromatic rings. The van der Waals surface area contributed by atoms with Crippen LogP contribution in [-0.4, -0.2) is 12.0 Å². The monoisotopic (exact) mass is 296 g/mol. The minimum atomic E-state index is -0.0738. The van der Waals surface area contributed by atoms with E-state index in [0.29, 0.717) is 21.2 Å². The first-order valence-electron chi connectivity index (χ1n) is 5.25. The summed E-state index contributed by atoms with van der Waals surface area (Å²) >= 11 is 13.4. The summed E-state index contributed by atoms with van der Waals surface area (Å²) in [5, 5.41) is 0.929. The summed E-state index contributed by atoms with van der Waals surface area (Å²) in [6, 6.07) is 12.3. The second kappa shape index (κ2) is 5.79. The molecule has 0 saturated carbocycles. The van der Waals surface area contributed by atoms with Gasteiger partial charge in [-0.3, -0.25) is 4.79 Å². The smallest absolute Gasteiger partial charge is 0.193 e. The van der Waals surface area contributed by atoms with E-state index < -0.39 is 0 Å². The highest BCUT2D eigenvalue weighted by atomic mass is 35.5. The Morgan fingerprint density at radius 3 is 2.28 bits per heavy atom. The van der Waals surface area contributed by atoms with E-state index in [1.807, 2.05) is 24.5 Å².